The first-order valence-corrected chi connectivity index (χ1v) is 7.17. The van der Waals surface area contributed by atoms with Gasteiger partial charge in [0.2, 0.25) is 0 Å². The van der Waals surface area contributed by atoms with Gasteiger partial charge in [-0.3, -0.25) is 0 Å². The molecule has 106 valence electrons. The van der Waals surface area contributed by atoms with Crippen LogP contribution in [0.4, 0.5) is 0 Å². The zero-order valence-electron chi connectivity index (χ0n) is 11.5. The highest BCUT2D eigenvalue weighted by Crippen LogP contribution is 2.22. The minimum absolute atomic E-state index is 0.218. The van der Waals surface area contributed by atoms with Gasteiger partial charge in [-0.1, -0.05) is 35.3 Å². The Bertz CT molecular complexity index is 569. The predicted octanol–water partition coefficient (Wildman–Crippen LogP) is 4.85. The molecular formula is C16H17Cl2NO. The summed E-state index contributed by atoms with van der Waals surface area (Å²) in [5, 5.41) is 4.86. The number of ether oxygens (including phenoxy) is 1. The fourth-order valence-corrected chi connectivity index (χ4v) is 2.33. The fourth-order valence-electron chi connectivity index (χ4n) is 1.95. The Labute approximate surface area is 129 Å². The van der Waals surface area contributed by atoms with Crippen LogP contribution >= 0.6 is 23.2 Å². The largest absolute Gasteiger partial charge is 0.497 e. The number of nitrogens with one attached hydrogen (secondary N) is 1. The van der Waals surface area contributed by atoms with Gasteiger partial charge in [-0.25, -0.2) is 0 Å². The van der Waals surface area contributed by atoms with Crippen LogP contribution in [0.25, 0.3) is 0 Å². The third kappa shape index (κ3) is 3.89. The average Bonchev–Trinajstić information content (AvgIpc) is 2.48. The van der Waals surface area contributed by atoms with Crippen molar-refractivity contribution in [3.8, 4) is 5.75 Å². The first kappa shape index (κ1) is 15.2. The summed E-state index contributed by atoms with van der Waals surface area (Å²) < 4.78 is 5.15. The van der Waals surface area contributed by atoms with Crippen molar-refractivity contribution in [1.82, 2.24) is 5.32 Å². The molecule has 1 N–H and O–H groups in total. The summed E-state index contributed by atoms with van der Waals surface area (Å²) in [6, 6.07) is 13.7. The zero-order chi connectivity index (χ0) is 14.5. The molecule has 0 spiro atoms. The third-order valence-corrected chi connectivity index (χ3v) is 3.83. The van der Waals surface area contributed by atoms with E-state index in [-0.39, 0.29) is 6.04 Å². The minimum atomic E-state index is 0.218. The van der Waals surface area contributed by atoms with E-state index < -0.39 is 0 Å². The van der Waals surface area contributed by atoms with Crippen LogP contribution in [0.1, 0.15) is 24.1 Å². The maximum Gasteiger partial charge on any atom is 0.118 e. The molecule has 0 aliphatic carbocycles. The second-order valence-electron chi connectivity index (χ2n) is 4.61. The summed E-state index contributed by atoms with van der Waals surface area (Å²) >= 11 is 12.1. The SMILES string of the molecule is COc1ccc([C@H](C)NCc2cc(Cl)ccc2Cl)cc1. The standard InChI is InChI=1S/C16H17Cl2NO/c1-11(12-3-6-15(20-2)7-4-12)19-10-13-9-14(17)5-8-16(13)18/h3-9,11,19H,10H2,1-2H3/t11-/m0/s1. The predicted molar refractivity (Wildman–Crippen MR) is 84.7 cm³/mol. The Kier molecular flexibility index (Phi) is 5.30. The number of methoxy groups -OCH3 is 1. The van der Waals surface area contributed by atoms with E-state index in [0.29, 0.717) is 11.6 Å². The summed E-state index contributed by atoms with van der Waals surface area (Å²) in [4.78, 5) is 0. The van der Waals surface area contributed by atoms with E-state index in [1.807, 2.05) is 24.3 Å². The van der Waals surface area contributed by atoms with Crippen molar-refractivity contribution in [2.24, 2.45) is 0 Å². The molecule has 2 aromatic rings. The molecule has 0 aliphatic rings. The number of benzene rings is 2. The van der Waals surface area contributed by atoms with E-state index in [4.69, 9.17) is 27.9 Å². The second kappa shape index (κ2) is 6.98. The van der Waals surface area contributed by atoms with E-state index in [1.54, 1.807) is 13.2 Å². The lowest BCUT2D eigenvalue weighted by Gasteiger charge is -2.15. The van der Waals surface area contributed by atoms with Crippen LogP contribution < -0.4 is 10.1 Å². The van der Waals surface area contributed by atoms with Gasteiger partial charge in [-0.05, 0) is 48.4 Å². The average molecular weight is 310 g/mol. The van der Waals surface area contributed by atoms with Crippen molar-refractivity contribution >= 4 is 23.2 Å². The number of hydrogen-bond donors (Lipinski definition) is 1. The molecule has 0 aromatic heterocycles. The quantitative estimate of drug-likeness (QED) is 0.852. The molecule has 0 amide bonds. The molecule has 0 unspecified atom stereocenters. The molecule has 0 heterocycles. The summed E-state index contributed by atoms with van der Waals surface area (Å²) in [5.74, 6) is 0.860. The molecular weight excluding hydrogens is 293 g/mol. The van der Waals surface area contributed by atoms with Crippen molar-refractivity contribution in [3.63, 3.8) is 0 Å². The Hall–Kier alpha value is -1.22. The van der Waals surface area contributed by atoms with Crippen molar-refractivity contribution in [1.29, 1.82) is 0 Å². The van der Waals surface area contributed by atoms with Gasteiger partial charge in [0.15, 0.2) is 0 Å². The van der Waals surface area contributed by atoms with E-state index in [9.17, 15) is 0 Å². The Morgan fingerprint density at radius 3 is 2.45 bits per heavy atom. The molecule has 0 bridgehead atoms. The molecule has 4 heteroatoms. The first-order chi connectivity index (χ1) is 9.60. The molecule has 2 rings (SSSR count). The van der Waals surface area contributed by atoms with Crippen LogP contribution in [-0.2, 0) is 6.54 Å². The van der Waals surface area contributed by atoms with E-state index in [2.05, 4.69) is 24.4 Å². The molecule has 2 aromatic carbocycles. The van der Waals surface area contributed by atoms with Crippen molar-refractivity contribution in [2.75, 3.05) is 7.11 Å². The second-order valence-corrected chi connectivity index (χ2v) is 5.46. The van der Waals surface area contributed by atoms with Gasteiger partial charge in [-0.2, -0.15) is 0 Å². The summed E-state index contributed by atoms with van der Waals surface area (Å²) in [6.07, 6.45) is 0. The van der Waals surface area contributed by atoms with Crippen molar-refractivity contribution in [2.45, 2.75) is 19.5 Å². The highest BCUT2D eigenvalue weighted by atomic mass is 35.5. The summed E-state index contributed by atoms with van der Waals surface area (Å²) in [5.41, 5.74) is 2.20. The van der Waals surface area contributed by atoms with Gasteiger partial charge in [0.1, 0.15) is 5.75 Å². The van der Waals surface area contributed by atoms with Crippen LogP contribution in [0.2, 0.25) is 10.0 Å². The van der Waals surface area contributed by atoms with Crippen LogP contribution in [0.5, 0.6) is 5.75 Å². The van der Waals surface area contributed by atoms with Crippen LogP contribution in [0.15, 0.2) is 42.5 Å². The number of rotatable bonds is 5. The molecule has 2 nitrogen and oxygen atoms in total. The van der Waals surface area contributed by atoms with Gasteiger partial charge in [0.05, 0.1) is 7.11 Å². The number of hydrogen-bond acceptors (Lipinski definition) is 2. The monoisotopic (exact) mass is 309 g/mol. The van der Waals surface area contributed by atoms with E-state index >= 15 is 0 Å². The molecule has 1 atom stereocenters. The minimum Gasteiger partial charge on any atom is -0.497 e. The molecule has 20 heavy (non-hydrogen) atoms. The lowest BCUT2D eigenvalue weighted by atomic mass is 10.1. The number of halogens is 2. The Morgan fingerprint density at radius 2 is 1.80 bits per heavy atom. The Balaban J connectivity index is 2.00. The molecule has 0 aliphatic heterocycles. The summed E-state index contributed by atoms with van der Waals surface area (Å²) in [7, 11) is 1.66. The van der Waals surface area contributed by atoms with Gasteiger partial charge in [0.25, 0.3) is 0 Å². The van der Waals surface area contributed by atoms with Crippen LogP contribution in [-0.4, -0.2) is 7.11 Å². The first-order valence-electron chi connectivity index (χ1n) is 6.41. The van der Waals surface area contributed by atoms with Crippen LogP contribution in [0, 0.1) is 0 Å². The maximum absolute atomic E-state index is 6.15. The van der Waals surface area contributed by atoms with Crippen molar-refractivity contribution in [3.05, 3.63) is 63.6 Å². The molecule has 0 saturated heterocycles. The van der Waals surface area contributed by atoms with Gasteiger partial charge in [-0.15, -0.1) is 0 Å². The fraction of sp³-hybridized carbons (Fsp3) is 0.250. The molecule has 0 saturated carbocycles. The topological polar surface area (TPSA) is 21.3 Å². The normalized spacial score (nSPS) is 12.2. The molecule has 0 radical (unpaired) electrons. The van der Waals surface area contributed by atoms with Gasteiger partial charge in [0, 0.05) is 22.6 Å². The lowest BCUT2D eigenvalue weighted by molar-refractivity contribution is 0.414. The van der Waals surface area contributed by atoms with Gasteiger partial charge >= 0.3 is 0 Å². The smallest absolute Gasteiger partial charge is 0.118 e. The van der Waals surface area contributed by atoms with Crippen molar-refractivity contribution < 1.29 is 4.74 Å². The van der Waals surface area contributed by atoms with E-state index in [1.165, 1.54) is 5.56 Å². The maximum atomic E-state index is 6.15. The zero-order valence-corrected chi connectivity index (χ0v) is 13.0. The van der Waals surface area contributed by atoms with Crippen LogP contribution in [0.3, 0.4) is 0 Å². The highest BCUT2D eigenvalue weighted by molar-refractivity contribution is 6.33. The third-order valence-electron chi connectivity index (χ3n) is 3.22. The Morgan fingerprint density at radius 1 is 1.10 bits per heavy atom. The summed E-state index contributed by atoms with van der Waals surface area (Å²) in [6.45, 7) is 2.78. The molecule has 0 fully saturated rings. The van der Waals surface area contributed by atoms with Gasteiger partial charge < -0.3 is 10.1 Å². The lowest BCUT2D eigenvalue weighted by Crippen LogP contribution is -2.18. The highest BCUT2D eigenvalue weighted by Gasteiger charge is 2.07. The van der Waals surface area contributed by atoms with E-state index in [0.717, 1.165) is 16.3 Å².